The van der Waals surface area contributed by atoms with E-state index in [-0.39, 0.29) is 0 Å². The van der Waals surface area contributed by atoms with Gasteiger partial charge in [0.25, 0.3) is 0 Å². The average molecular weight is 234 g/mol. The molecule has 0 aromatic rings. The molecule has 1 aliphatic rings. The van der Waals surface area contributed by atoms with Crippen molar-refractivity contribution in [3.05, 3.63) is 36.1 Å². The van der Waals surface area contributed by atoms with Crippen LogP contribution < -0.4 is 0 Å². The standard InChI is InChI=1S/C15H26N2/c1-6-14(13(3)4)12-15(7-2)17-10-8-16(5)9-11-17/h6-7,12-13H,2,8-11H2,1,3-5H3/b14-6+,15-12+. The molecule has 1 rings (SSSR count). The summed E-state index contributed by atoms with van der Waals surface area (Å²) in [6.07, 6.45) is 6.46. The number of rotatable bonds is 4. The molecule has 2 heteroatoms. The maximum atomic E-state index is 3.95. The van der Waals surface area contributed by atoms with Crippen molar-refractivity contribution in [2.75, 3.05) is 33.2 Å². The lowest BCUT2D eigenvalue weighted by Crippen LogP contribution is -2.43. The summed E-state index contributed by atoms with van der Waals surface area (Å²) in [5, 5.41) is 0. The number of hydrogen-bond donors (Lipinski definition) is 0. The smallest absolute Gasteiger partial charge is 0.0363 e. The number of likely N-dealkylation sites (N-methyl/N-ethyl adjacent to an activating group) is 1. The SMILES string of the molecule is C=C/C(=C\C(=C/C)C(C)C)N1CCN(C)CC1. The molecular weight excluding hydrogens is 208 g/mol. The Kier molecular flexibility index (Phi) is 5.49. The zero-order valence-electron chi connectivity index (χ0n) is 11.7. The van der Waals surface area contributed by atoms with Crippen LogP contribution in [0.5, 0.6) is 0 Å². The Morgan fingerprint density at radius 1 is 1.18 bits per heavy atom. The third kappa shape index (κ3) is 4.04. The van der Waals surface area contributed by atoms with Crippen LogP contribution in [0.1, 0.15) is 20.8 Å². The highest BCUT2D eigenvalue weighted by Gasteiger charge is 2.14. The molecule has 1 saturated heterocycles. The van der Waals surface area contributed by atoms with E-state index < -0.39 is 0 Å². The van der Waals surface area contributed by atoms with Gasteiger partial charge in [-0.1, -0.05) is 26.5 Å². The van der Waals surface area contributed by atoms with E-state index in [0.29, 0.717) is 5.92 Å². The highest BCUT2D eigenvalue weighted by molar-refractivity contribution is 5.29. The zero-order valence-corrected chi connectivity index (χ0v) is 11.7. The maximum Gasteiger partial charge on any atom is 0.0363 e. The van der Waals surface area contributed by atoms with E-state index in [1.165, 1.54) is 11.3 Å². The van der Waals surface area contributed by atoms with Gasteiger partial charge >= 0.3 is 0 Å². The van der Waals surface area contributed by atoms with E-state index in [9.17, 15) is 0 Å². The van der Waals surface area contributed by atoms with Crippen molar-refractivity contribution in [1.29, 1.82) is 0 Å². The first-order chi connectivity index (χ1) is 8.08. The van der Waals surface area contributed by atoms with Gasteiger partial charge in [-0.15, -0.1) is 0 Å². The molecule has 1 aliphatic heterocycles. The molecule has 17 heavy (non-hydrogen) atoms. The quantitative estimate of drug-likeness (QED) is 0.690. The van der Waals surface area contributed by atoms with Gasteiger partial charge in [-0.2, -0.15) is 0 Å². The van der Waals surface area contributed by atoms with Crippen LogP contribution in [0.15, 0.2) is 36.1 Å². The monoisotopic (exact) mass is 234 g/mol. The van der Waals surface area contributed by atoms with Crippen LogP contribution in [0.25, 0.3) is 0 Å². The molecule has 0 bridgehead atoms. The minimum absolute atomic E-state index is 0.572. The highest BCUT2D eigenvalue weighted by atomic mass is 15.2. The summed E-state index contributed by atoms with van der Waals surface area (Å²) in [6, 6.07) is 0. The van der Waals surface area contributed by atoms with E-state index in [2.05, 4.69) is 56.3 Å². The van der Waals surface area contributed by atoms with E-state index >= 15 is 0 Å². The Balaban J connectivity index is 2.77. The van der Waals surface area contributed by atoms with Crippen molar-refractivity contribution >= 4 is 0 Å². The Morgan fingerprint density at radius 2 is 1.76 bits per heavy atom. The molecule has 0 aliphatic carbocycles. The Hall–Kier alpha value is -1.02. The molecule has 0 aromatic heterocycles. The molecule has 0 spiro atoms. The van der Waals surface area contributed by atoms with Gasteiger partial charge in [0, 0.05) is 31.9 Å². The minimum Gasteiger partial charge on any atom is -0.369 e. The second-order valence-corrected chi connectivity index (χ2v) is 5.01. The van der Waals surface area contributed by atoms with Crippen LogP contribution in [-0.4, -0.2) is 43.0 Å². The van der Waals surface area contributed by atoms with Crippen molar-refractivity contribution in [2.45, 2.75) is 20.8 Å². The summed E-state index contributed by atoms with van der Waals surface area (Å²) in [4.78, 5) is 4.80. The molecule has 0 amide bonds. The molecule has 2 nitrogen and oxygen atoms in total. The van der Waals surface area contributed by atoms with Gasteiger partial charge in [-0.25, -0.2) is 0 Å². The van der Waals surface area contributed by atoms with Gasteiger partial charge in [0.15, 0.2) is 0 Å². The molecule has 0 aromatic carbocycles. The summed E-state index contributed by atoms with van der Waals surface area (Å²) < 4.78 is 0. The Labute approximate surface area is 106 Å². The van der Waals surface area contributed by atoms with Crippen molar-refractivity contribution in [3.8, 4) is 0 Å². The lowest BCUT2D eigenvalue weighted by Gasteiger charge is -2.35. The number of allylic oxidation sites excluding steroid dienone is 4. The summed E-state index contributed by atoms with van der Waals surface area (Å²) in [7, 11) is 2.18. The second-order valence-electron chi connectivity index (χ2n) is 5.01. The first kappa shape index (κ1) is 14.0. The minimum atomic E-state index is 0.572. The average Bonchev–Trinajstić information content (AvgIpc) is 2.32. The normalized spacial score (nSPS) is 19.9. The topological polar surface area (TPSA) is 6.48 Å². The van der Waals surface area contributed by atoms with Crippen LogP contribution in [0.4, 0.5) is 0 Å². The van der Waals surface area contributed by atoms with Gasteiger partial charge in [-0.3, -0.25) is 0 Å². The van der Waals surface area contributed by atoms with Crippen molar-refractivity contribution in [3.63, 3.8) is 0 Å². The fraction of sp³-hybridized carbons (Fsp3) is 0.600. The van der Waals surface area contributed by atoms with E-state index in [1.807, 2.05) is 6.08 Å². The molecule has 0 atom stereocenters. The zero-order chi connectivity index (χ0) is 12.8. The highest BCUT2D eigenvalue weighted by Crippen LogP contribution is 2.17. The van der Waals surface area contributed by atoms with Crippen LogP contribution in [0.2, 0.25) is 0 Å². The molecule has 96 valence electrons. The van der Waals surface area contributed by atoms with Gasteiger partial charge in [0.2, 0.25) is 0 Å². The van der Waals surface area contributed by atoms with Crippen LogP contribution in [0, 0.1) is 5.92 Å². The Bertz CT molecular complexity index is 305. The molecule has 1 fully saturated rings. The van der Waals surface area contributed by atoms with E-state index in [0.717, 1.165) is 26.2 Å². The fourth-order valence-electron chi connectivity index (χ4n) is 2.10. The third-order valence-corrected chi connectivity index (χ3v) is 3.39. The Morgan fingerprint density at radius 3 is 2.18 bits per heavy atom. The maximum absolute atomic E-state index is 3.95. The predicted molar refractivity (Wildman–Crippen MR) is 75.9 cm³/mol. The molecular formula is C15H26N2. The van der Waals surface area contributed by atoms with Crippen LogP contribution >= 0.6 is 0 Å². The first-order valence-electron chi connectivity index (χ1n) is 6.52. The number of hydrogen-bond acceptors (Lipinski definition) is 2. The third-order valence-electron chi connectivity index (χ3n) is 3.39. The van der Waals surface area contributed by atoms with Gasteiger partial charge in [0.1, 0.15) is 0 Å². The summed E-state index contributed by atoms with van der Waals surface area (Å²) in [6.45, 7) is 15.0. The van der Waals surface area contributed by atoms with Crippen LogP contribution in [0.3, 0.4) is 0 Å². The van der Waals surface area contributed by atoms with Gasteiger partial charge in [0.05, 0.1) is 0 Å². The molecule has 0 N–H and O–H groups in total. The van der Waals surface area contributed by atoms with Crippen molar-refractivity contribution in [2.24, 2.45) is 5.92 Å². The molecule has 0 radical (unpaired) electrons. The van der Waals surface area contributed by atoms with E-state index in [4.69, 9.17) is 0 Å². The number of piperazine rings is 1. The van der Waals surface area contributed by atoms with Crippen molar-refractivity contribution < 1.29 is 0 Å². The van der Waals surface area contributed by atoms with Crippen molar-refractivity contribution in [1.82, 2.24) is 9.80 Å². The lowest BCUT2D eigenvalue weighted by molar-refractivity contribution is 0.190. The van der Waals surface area contributed by atoms with Crippen LogP contribution in [-0.2, 0) is 0 Å². The lowest BCUT2D eigenvalue weighted by atomic mass is 10.0. The first-order valence-corrected chi connectivity index (χ1v) is 6.52. The van der Waals surface area contributed by atoms with Gasteiger partial charge < -0.3 is 9.80 Å². The van der Waals surface area contributed by atoms with E-state index in [1.54, 1.807) is 0 Å². The summed E-state index contributed by atoms with van der Waals surface area (Å²) >= 11 is 0. The molecule has 0 saturated carbocycles. The molecule has 0 unspecified atom stereocenters. The predicted octanol–water partition coefficient (Wildman–Crippen LogP) is 2.91. The number of nitrogens with zero attached hydrogens (tertiary/aromatic N) is 2. The summed E-state index contributed by atoms with van der Waals surface area (Å²) in [5.74, 6) is 0.572. The fourth-order valence-corrected chi connectivity index (χ4v) is 2.10. The largest absolute Gasteiger partial charge is 0.369 e. The summed E-state index contributed by atoms with van der Waals surface area (Å²) in [5.41, 5.74) is 2.65. The molecule has 1 heterocycles. The van der Waals surface area contributed by atoms with Gasteiger partial charge in [-0.05, 0) is 37.6 Å². The second kappa shape index (κ2) is 6.65.